The molecule has 1 heterocycles. The number of para-hydroxylation sites is 1. The molecule has 3 N–H and O–H groups in total. The van der Waals surface area contributed by atoms with E-state index in [2.05, 4.69) is 10.3 Å². The monoisotopic (exact) mass is 352 g/mol. The van der Waals surface area contributed by atoms with Crippen molar-refractivity contribution in [3.8, 4) is 5.75 Å². The number of ether oxygens (including phenoxy) is 1. The van der Waals surface area contributed by atoms with Gasteiger partial charge in [-0.1, -0.05) is 12.1 Å². The number of carbonyl (C=O) groups excluding carboxylic acids is 2. The van der Waals surface area contributed by atoms with Crippen LogP contribution in [0.25, 0.3) is 10.9 Å². The van der Waals surface area contributed by atoms with Crippen LogP contribution in [0.1, 0.15) is 27.6 Å². The molecule has 3 aromatic rings. The van der Waals surface area contributed by atoms with Crippen molar-refractivity contribution in [3.05, 3.63) is 70.0 Å². The van der Waals surface area contributed by atoms with Crippen LogP contribution in [0.3, 0.4) is 0 Å². The predicted molar refractivity (Wildman–Crippen MR) is 96.6 cm³/mol. The molecule has 0 fully saturated rings. The lowest BCUT2D eigenvalue weighted by Gasteiger charge is -2.09. The van der Waals surface area contributed by atoms with Gasteiger partial charge in [-0.2, -0.15) is 0 Å². The fraction of sp³-hybridized carbons (Fsp3) is 0.105. The van der Waals surface area contributed by atoms with Crippen LogP contribution < -0.4 is 10.9 Å². The van der Waals surface area contributed by atoms with Crippen molar-refractivity contribution >= 4 is 28.5 Å². The van der Waals surface area contributed by atoms with Crippen molar-refractivity contribution in [3.63, 3.8) is 0 Å². The molecule has 0 aliphatic rings. The number of pyridine rings is 1. The predicted octanol–water partition coefficient (Wildman–Crippen LogP) is 2.66. The van der Waals surface area contributed by atoms with Crippen LogP contribution in [-0.4, -0.2) is 28.6 Å². The summed E-state index contributed by atoms with van der Waals surface area (Å²) in [6.07, 6.45) is 0. The summed E-state index contributed by atoms with van der Waals surface area (Å²) in [5, 5.41) is 13.2. The summed E-state index contributed by atoms with van der Waals surface area (Å²) in [6, 6.07) is 12.7. The zero-order valence-electron chi connectivity index (χ0n) is 13.9. The number of carbonyl (C=O) groups is 2. The molecular weight excluding hydrogens is 336 g/mol. The Balaban J connectivity index is 1.88. The Kier molecular flexibility index (Phi) is 4.70. The second-order valence-corrected chi connectivity index (χ2v) is 5.48. The third-order valence-electron chi connectivity index (χ3n) is 3.78. The largest absolute Gasteiger partial charge is 0.506 e. The minimum atomic E-state index is -0.751. The molecule has 0 aliphatic heterocycles. The Morgan fingerprint density at radius 3 is 2.50 bits per heavy atom. The maximum absolute atomic E-state index is 12.4. The molecule has 0 unspecified atom stereocenters. The van der Waals surface area contributed by atoms with Crippen molar-refractivity contribution in [2.75, 3.05) is 11.9 Å². The SMILES string of the molecule is CCOC(=O)c1ccc(NC(=O)c2c(O)c3ccccc3[nH]c2=O)cc1. The van der Waals surface area contributed by atoms with Gasteiger partial charge in [-0.05, 0) is 43.3 Å². The number of hydrogen-bond acceptors (Lipinski definition) is 5. The number of fused-ring (bicyclic) bond motifs is 1. The standard InChI is InChI=1S/C19H16N2O5/c1-2-26-19(25)11-7-9-12(10-8-11)20-17(23)15-16(22)13-5-3-4-6-14(13)21-18(15)24/h3-10H,2H2,1H3,(H,20,23)(H2,21,22,24). The Morgan fingerprint density at radius 2 is 1.81 bits per heavy atom. The highest BCUT2D eigenvalue weighted by Crippen LogP contribution is 2.25. The number of aromatic hydroxyl groups is 1. The van der Waals surface area contributed by atoms with Gasteiger partial charge in [-0.3, -0.25) is 9.59 Å². The first-order valence-electron chi connectivity index (χ1n) is 7.93. The van der Waals surface area contributed by atoms with Gasteiger partial charge >= 0.3 is 5.97 Å². The van der Waals surface area contributed by atoms with Crippen molar-refractivity contribution in [2.45, 2.75) is 6.92 Å². The fourth-order valence-electron chi connectivity index (χ4n) is 2.53. The topological polar surface area (TPSA) is 108 Å². The lowest BCUT2D eigenvalue weighted by Crippen LogP contribution is -2.23. The van der Waals surface area contributed by atoms with Crippen molar-refractivity contribution in [2.24, 2.45) is 0 Å². The van der Waals surface area contributed by atoms with E-state index in [1.807, 2.05) is 0 Å². The maximum atomic E-state index is 12.4. The first kappa shape index (κ1) is 17.2. The number of esters is 1. The van der Waals surface area contributed by atoms with Gasteiger partial charge in [0.05, 0.1) is 17.7 Å². The van der Waals surface area contributed by atoms with Crippen LogP contribution in [0.5, 0.6) is 5.75 Å². The molecule has 0 bridgehead atoms. The molecule has 7 heteroatoms. The molecule has 2 aromatic carbocycles. The van der Waals surface area contributed by atoms with Gasteiger partial charge in [0, 0.05) is 11.1 Å². The summed E-state index contributed by atoms with van der Waals surface area (Å²) < 4.78 is 4.89. The van der Waals surface area contributed by atoms with Crippen molar-refractivity contribution < 1.29 is 19.4 Å². The maximum Gasteiger partial charge on any atom is 0.338 e. The van der Waals surface area contributed by atoms with Gasteiger partial charge in [0.2, 0.25) is 0 Å². The van der Waals surface area contributed by atoms with Crippen LogP contribution in [0, 0.1) is 0 Å². The van der Waals surface area contributed by atoms with Gasteiger partial charge in [0.15, 0.2) is 0 Å². The molecule has 1 aromatic heterocycles. The van der Waals surface area contributed by atoms with Crippen LogP contribution in [0.15, 0.2) is 53.3 Å². The number of rotatable bonds is 4. The minimum Gasteiger partial charge on any atom is -0.506 e. The number of anilines is 1. The lowest BCUT2D eigenvalue weighted by molar-refractivity contribution is 0.0526. The molecule has 0 spiro atoms. The first-order chi connectivity index (χ1) is 12.5. The van der Waals surface area contributed by atoms with E-state index >= 15 is 0 Å². The van der Waals surface area contributed by atoms with Gasteiger partial charge in [-0.25, -0.2) is 4.79 Å². The highest BCUT2D eigenvalue weighted by atomic mass is 16.5. The Morgan fingerprint density at radius 1 is 1.12 bits per heavy atom. The van der Waals surface area contributed by atoms with E-state index in [4.69, 9.17) is 4.74 Å². The second-order valence-electron chi connectivity index (χ2n) is 5.48. The molecular formula is C19H16N2O5. The molecule has 0 atom stereocenters. The molecule has 0 radical (unpaired) electrons. The van der Waals surface area contributed by atoms with Crippen LogP contribution >= 0.6 is 0 Å². The number of nitrogens with one attached hydrogen (secondary N) is 2. The average molecular weight is 352 g/mol. The van der Waals surface area contributed by atoms with E-state index in [9.17, 15) is 19.5 Å². The Labute approximate surface area is 148 Å². The van der Waals surface area contributed by atoms with E-state index in [0.717, 1.165) is 0 Å². The Hall–Kier alpha value is -3.61. The highest BCUT2D eigenvalue weighted by molar-refractivity contribution is 6.09. The number of benzene rings is 2. The van der Waals surface area contributed by atoms with Gasteiger partial charge in [-0.15, -0.1) is 0 Å². The summed E-state index contributed by atoms with van der Waals surface area (Å²) in [5.74, 6) is -1.60. The van der Waals surface area contributed by atoms with Crippen LogP contribution in [0.4, 0.5) is 5.69 Å². The Bertz CT molecular complexity index is 1040. The number of aromatic amines is 1. The third-order valence-corrected chi connectivity index (χ3v) is 3.78. The average Bonchev–Trinajstić information content (AvgIpc) is 2.62. The summed E-state index contributed by atoms with van der Waals surface area (Å²) in [6.45, 7) is 1.97. The van der Waals surface area contributed by atoms with Crippen LogP contribution in [0.2, 0.25) is 0 Å². The molecule has 0 saturated carbocycles. The number of aromatic nitrogens is 1. The summed E-state index contributed by atoms with van der Waals surface area (Å²) in [4.78, 5) is 38.8. The third kappa shape index (κ3) is 3.27. The van der Waals surface area contributed by atoms with Crippen LogP contribution in [-0.2, 0) is 4.74 Å². The quantitative estimate of drug-likeness (QED) is 0.626. The van der Waals surface area contributed by atoms with E-state index < -0.39 is 17.4 Å². The van der Waals surface area contributed by atoms with E-state index in [1.54, 1.807) is 31.2 Å². The molecule has 3 rings (SSSR count). The molecule has 132 valence electrons. The van der Waals surface area contributed by atoms with E-state index in [-0.39, 0.29) is 17.9 Å². The zero-order valence-corrected chi connectivity index (χ0v) is 13.9. The number of amides is 1. The molecule has 0 aliphatic carbocycles. The van der Waals surface area contributed by atoms with Gasteiger partial charge < -0.3 is 20.1 Å². The smallest absolute Gasteiger partial charge is 0.338 e. The zero-order chi connectivity index (χ0) is 18.7. The summed E-state index contributed by atoms with van der Waals surface area (Å²) >= 11 is 0. The number of hydrogen-bond donors (Lipinski definition) is 3. The summed E-state index contributed by atoms with van der Waals surface area (Å²) in [7, 11) is 0. The van der Waals surface area contributed by atoms with E-state index in [0.29, 0.717) is 22.2 Å². The van der Waals surface area contributed by atoms with E-state index in [1.165, 1.54) is 24.3 Å². The van der Waals surface area contributed by atoms with Gasteiger partial charge in [0.25, 0.3) is 11.5 Å². The summed E-state index contributed by atoms with van der Waals surface area (Å²) in [5.41, 5.74) is 0.0802. The van der Waals surface area contributed by atoms with Gasteiger partial charge in [0.1, 0.15) is 11.3 Å². The van der Waals surface area contributed by atoms with Crippen molar-refractivity contribution in [1.82, 2.24) is 4.98 Å². The first-order valence-corrected chi connectivity index (χ1v) is 7.93. The fourth-order valence-corrected chi connectivity index (χ4v) is 2.53. The molecule has 7 nitrogen and oxygen atoms in total. The molecule has 1 amide bonds. The lowest BCUT2D eigenvalue weighted by atomic mass is 10.1. The second kappa shape index (κ2) is 7.10. The number of H-pyrrole nitrogens is 1. The minimum absolute atomic E-state index is 0.265. The highest BCUT2D eigenvalue weighted by Gasteiger charge is 2.19. The molecule has 0 saturated heterocycles. The normalized spacial score (nSPS) is 10.5. The van der Waals surface area contributed by atoms with Crippen molar-refractivity contribution in [1.29, 1.82) is 0 Å². The molecule has 26 heavy (non-hydrogen) atoms.